The van der Waals surface area contributed by atoms with E-state index in [1.165, 1.54) is 0 Å². The van der Waals surface area contributed by atoms with Crippen molar-refractivity contribution in [1.82, 2.24) is 5.32 Å². The fraction of sp³-hybridized carbons (Fsp3) is 0.462. The molecule has 17 heavy (non-hydrogen) atoms. The third kappa shape index (κ3) is 3.98. The number of hydrogen-bond acceptors (Lipinski definition) is 3. The number of nitrogen functional groups attached to an aromatic ring is 1. The third-order valence-electron chi connectivity index (χ3n) is 2.50. The van der Waals surface area contributed by atoms with Crippen molar-refractivity contribution in [2.75, 3.05) is 24.1 Å². The van der Waals surface area contributed by atoms with E-state index in [9.17, 15) is 4.79 Å². The Hall–Kier alpha value is -1.71. The lowest BCUT2D eigenvalue weighted by Gasteiger charge is -2.10. The molecule has 0 aliphatic heterocycles. The van der Waals surface area contributed by atoms with Crippen LogP contribution in [0.15, 0.2) is 18.2 Å². The zero-order valence-corrected chi connectivity index (χ0v) is 10.5. The van der Waals surface area contributed by atoms with E-state index in [1.54, 1.807) is 18.2 Å². The number of rotatable bonds is 6. The second kappa shape index (κ2) is 6.78. The molecule has 0 saturated carbocycles. The fourth-order valence-corrected chi connectivity index (χ4v) is 1.51. The SMILES string of the molecule is CCCCNc1cc(C(=O)NCC)ccc1N. The molecule has 0 radical (unpaired) electrons. The molecule has 0 bridgehead atoms. The summed E-state index contributed by atoms with van der Waals surface area (Å²) >= 11 is 0. The van der Waals surface area contributed by atoms with Gasteiger partial charge < -0.3 is 16.4 Å². The first-order chi connectivity index (χ1) is 8.19. The Morgan fingerprint density at radius 1 is 1.35 bits per heavy atom. The van der Waals surface area contributed by atoms with E-state index in [2.05, 4.69) is 17.6 Å². The van der Waals surface area contributed by atoms with Gasteiger partial charge in [-0.25, -0.2) is 0 Å². The van der Waals surface area contributed by atoms with Gasteiger partial charge in [-0.1, -0.05) is 13.3 Å². The zero-order chi connectivity index (χ0) is 12.7. The minimum absolute atomic E-state index is 0.0639. The highest BCUT2D eigenvalue weighted by molar-refractivity contribution is 5.96. The molecule has 0 heterocycles. The van der Waals surface area contributed by atoms with Crippen molar-refractivity contribution in [3.8, 4) is 0 Å². The van der Waals surface area contributed by atoms with E-state index >= 15 is 0 Å². The van der Waals surface area contributed by atoms with Gasteiger partial charge in [0.05, 0.1) is 11.4 Å². The molecule has 4 nitrogen and oxygen atoms in total. The van der Waals surface area contributed by atoms with E-state index in [1.807, 2.05) is 6.92 Å². The zero-order valence-electron chi connectivity index (χ0n) is 10.5. The molecule has 4 heteroatoms. The van der Waals surface area contributed by atoms with Gasteiger partial charge in [-0.15, -0.1) is 0 Å². The Balaban J connectivity index is 2.75. The summed E-state index contributed by atoms with van der Waals surface area (Å²) in [5, 5.41) is 6.01. The Morgan fingerprint density at radius 3 is 2.76 bits per heavy atom. The number of amides is 1. The normalized spacial score (nSPS) is 10.0. The molecule has 0 saturated heterocycles. The fourth-order valence-electron chi connectivity index (χ4n) is 1.51. The van der Waals surface area contributed by atoms with Gasteiger partial charge in [-0.2, -0.15) is 0 Å². The van der Waals surface area contributed by atoms with Gasteiger partial charge in [0.2, 0.25) is 0 Å². The average Bonchev–Trinajstić information content (AvgIpc) is 2.32. The van der Waals surface area contributed by atoms with Crippen LogP contribution in [0.5, 0.6) is 0 Å². The Bertz CT molecular complexity index is 377. The largest absolute Gasteiger partial charge is 0.397 e. The second-order valence-corrected chi connectivity index (χ2v) is 3.94. The molecule has 1 aromatic carbocycles. The van der Waals surface area contributed by atoms with Crippen molar-refractivity contribution in [2.24, 2.45) is 0 Å². The van der Waals surface area contributed by atoms with Crippen molar-refractivity contribution in [3.63, 3.8) is 0 Å². The maximum atomic E-state index is 11.7. The van der Waals surface area contributed by atoms with Crippen molar-refractivity contribution < 1.29 is 4.79 Å². The van der Waals surface area contributed by atoms with Crippen molar-refractivity contribution in [2.45, 2.75) is 26.7 Å². The highest BCUT2D eigenvalue weighted by Crippen LogP contribution is 2.20. The smallest absolute Gasteiger partial charge is 0.251 e. The maximum Gasteiger partial charge on any atom is 0.251 e. The molecule has 0 fully saturated rings. The Morgan fingerprint density at radius 2 is 2.12 bits per heavy atom. The molecule has 0 aliphatic carbocycles. The van der Waals surface area contributed by atoms with Crippen LogP contribution in [-0.4, -0.2) is 19.0 Å². The predicted molar refractivity (Wildman–Crippen MR) is 72.3 cm³/mol. The van der Waals surface area contributed by atoms with Gasteiger partial charge in [0.25, 0.3) is 5.91 Å². The summed E-state index contributed by atoms with van der Waals surface area (Å²) in [5.41, 5.74) is 8.00. The molecule has 1 rings (SSSR count). The van der Waals surface area contributed by atoms with Crippen LogP contribution in [0.1, 0.15) is 37.0 Å². The highest BCUT2D eigenvalue weighted by atomic mass is 16.1. The predicted octanol–water partition coefficient (Wildman–Crippen LogP) is 2.23. The van der Waals surface area contributed by atoms with Crippen LogP contribution in [0.3, 0.4) is 0 Å². The molecule has 0 aliphatic rings. The molecular weight excluding hydrogens is 214 g/mol. The summed E-state index contributed by atoms with van der Waals surface area (Å²) in [6.07, 6.45) is 2.22. The van der Waals surface area contributed by atoms with Gasteiger partial charge >= 0.3 is 0 Å². The van der Waals surface area contributed by atoms with Crippen LogP contribution in [0.2, 0.25) is 0 Å². The van der Waals surface area contributed by atoms with Crippen LogP contribution in [0.25, 0.3) is 0 Å². The number of hydrogen-bond donors (Lipinski definition) is 3. The summed E-state index contributed by atoms with van der Waals surface area (Å²) in [6, 6.07) is 5.31. The van der Waals surface area contributed by atoms with Gasteiger partial charge in [0, 0.05) is 18.7 Å². The lowest BCUT2D eigenvalue weighted by atomic mass is 10.1. The molecule has 1 aromatic rings. The van der Waals surface area contributed by atoms with Gasteiger partial charge in [0.1, 0.15) is 0 Å². The number of nitrogens with two attached hydrogens (primary N) is 1. The lowest BCUT2D eigenvalue weighted by molar-refractivity contribution is 0.0956. The minimum atomic E-state index is -0.0639. The van der Waals surface area contributed by atoms with E-state index in [4.69, 9.17) is 5.73 Å². The molecule has 94 valence electrons. The number of nitrogens with one attached hydrogen (secondary N) is 2. The summed E-state index contributed by atoms with van der Waals surface area (Å²) in [6.45, 7) is 5.53. The highest BCUT2D eigenvalue weighted by Gasteiger charge is 2.06. The van der Waals surface area contributed by atoms with Crippen molar-refractivity contribution in [3.05, 3.63) is 23.8 Å². The standard InChI is InChI=1S/C13H21N3O/c1-3-5-8-16-12-9-10(6-7-11(12)14)13(17)15-4-2/h6-7,9,16H,3-5,8,14H2,1-2H3,(H,15,17). The number of carbonyl (C=O) groups is 1. The van der Waals surface area contributed by atoms with Crippen LogP contribution < -0.4 is 16.4 Å². The van der Waals surface area contributed by atoms with E-state index in [0.29, 0.717) is 17.8 Å². The third-order valence-corrected chi connectivity index (χ3v) is 2.50. The Kier molecular flexibility index (Phi) is 5.33. The van der Waals surface area contributed by atoms with Crippen molar-refractivity contribution in [1.29, 1.82) is 0 Å². The number of anilines is 2. The molecule has 0 unspecified atom stereocenters. The molecule has 4 N–H and O–H groups in total. The average molecular weight is 235 g/mol. The van der Waals surface area contributed by atoms with Gasteiger partial charge in [-0.05, 0) is 31.5 Å². The first-order valence-electron chi connectivity index (χ1n) is 6.10. The van der Waals surface area contributed by atoms with Gasteiger partial charge in [0.15, 0.2) is 0 Å². The summed E-state index contributed by atoms with van der Waals surface area (Å²) in [5.74, 6) is -0.0639. The molecule has 0 atom stereocenters. The van der Waals surface area contributed by atoms with Crippen LogP contribution >= 0.6 is 0 Å². The second-order valence-electron chi connectivity index (χ2n) is 3.94. The van der Waals surface area contributed by atoms with Crippen LogP contribution in [0.4, 0.5) is 11.4 Å². The van der Waals surface area contributed by atoms with Crippen LogP contribution in [-0.2, 0) is 0 Å². The maximum absolute atomic E-state index is 11.7. The lowest BCUT2D eigenvalue weighted by Crippen LogP contribution is -2.22. The van der Waals surface area contributed by atoms with Crippen LogP contribution in [0, 0.1) is 0 Å². The minimum Gasteiger partial charge on any atom is -0.397 e. The Labute approximate surface area is 103 Å². The molecule has 0 aromatic heterocycles. The molecular formula is C13H21N3O. The monoisotopic (exact) mass is 235 g/mol. The van der Waals surface area contributed by atoms with E-state index in [0.717, 1.165) is 25.1 Å². The topological polar surface area (TPSA) is 67.2 Å². The van der Waals surface area contributed by atoms with Crippen molar-refractivity contribution >= 4 is 17.3 Å². The molecule has 1 amide bonds. The van der Waals surface area contributed by atoms with E-state index < -0.39 is 0 Å². The summed E-state index contributed by atoms with van der Waals surface area (Å²) in [4.78, 5) is 11.7. The number of unbranched alkanes of at least 4 members (excludes halogenated alkanes) is 1. The summed E-state index contributed by atoms with van der Waals surface area (Å²) < 4.78 is 0. The summed E-state index contributed by atoms with van der Waals surface area (Å²) in [7, 11) is 0. The first kappa shape index (κ1) is 13.4. The molecule has 0 spiro atoms. The van der Waals surface area contributed by atoms with E-state index in [-0.39, 0.29) is 5.91 Å². The quantitative estimate of drug-likeness (QED) is 0.523. The van der Waals surface area contributed by atoms with Gasteiger partial charge in [-0.3, -0.25) is 4.79 Å². The number of carbonyl (C=O) groups excluding carboxylic acids is 1. The number of benzene rings is 1. The first-order valence-corrected chi connectivity index (χ1v) is 6.10.